The normalized spacial score (nSPS) is 11.1. The average molecular weight is 344 g/mol. The first-order valence-corrected chi connectivity index (χ1v) is 7.06. The van der Waals surface area contributed by atoms with Crippen molar-refractivity contribution in [2.24, 2.45) is 0 Å². The summed E-state index contributed by atoms with van der Waals surface area (Å²) in [5, 5.41) is 0.425. The van der Waals surface area contributed by atoms with Gasteiger partial charge in [0, 0.05) is 21.3 Å². The van der Waals surface area contributed by atoms with Crippen molar-refractivity contribution in [1.29, 1.82) is 0 Å². The first kappa shape index (κ1) is 14.4. The molecule has 0 amide bonds. The number of rotatable bonds is 2. The lowest BCUT2D eigenvalue weighted by Gasteiger charge is -2.13. The Morgan fingerprint density at radius 1 is 1.26 bits per heavy atom. The Kier molecular flexibility index (Phi) is 4.21. The van der Waals surface area contributed by atoms with Crippen molar-refractivity contribution < 1.29 is 4.39 Å². The van der Waals surface area contributed by atoms with Crippen LogP contribution in [0, 0.1) is 12.7 Å². The van der Waals surface area contributed by atoms with Gasteiger partial charge in [-0.25, -0.2) is 14.4 Å². The molecule has 100 valence electrons. The summed E-state index contributed by atoms with van der Waals surface area (Å²) in [7, 11) is 0. The summed E-state index contributed by atoms with van der Waals surface area (Å²) in [6, 6.07) is 4.41. The minimum Gasteiger partial charge on any atom is -0.233 e. The summed E-state index contributed by atoms with van der Waals surface area (Å²) in [6.45, 7) is 5.96. The topological polar surface area (TPSA) is 25.8 Å². The highest BCUT2D eigenvalue weighted by Crippen LogP contribution is 2.31. The average Bonchev–Trinajstić information content (AvgIpc) is 2.30. The quantitative estimate of drug-likeness (QED) is 0.706. The molecule has 1 aromatic heterocycles. The second kappa shape index (κ2) is 5.55. The van der Waals surface area contributed by atoms with Gasteiger partial charge in [-0.3, -0.25) is 0 Å². The Balaban J connectivity index is 2.62. The fourth-order valence-corrected chi connectivity index (χ4v) is 2.85. The lowest BCUT2D eigenvalue weighted by molar-refractivity contribution is 0.628. The molecular formula is C14H13BrClFN2. The van der Waals surface area contributed by atoms with Gasteiger partial charge in [-0.2, -0.15) is 0 Å². The van der Waals surface area contributed by atoms with Crippen LogP contribution in [0.3, 0.4) is 0 Å². The number of nitrogens with zero attached hydrogens (tertiary/aromatic N) is 2. The van der Waals surface area contributed by atoms with Crippen LogP contribution < -0.4 is 0 Å². The molecule has 19 heavy (non-hydrogen) atoms. The predicted octanol–water partition coefficient (Wildman–Crippen LogP) is 5.13. The summed E-state index contributed by atoms with van der Waals surface area (Å²) in [5.41, 5.74) is 2.35. The van der Waals surface area contributed by atoms with Gasteiger partial charge >= 0.3 is 0 Å². The summed E-state index contributed by atoms with van der Waals surface area (Å²) in [6.07, 6.45) is 0. The molecule has 1 heterocycles. The maximum atomic E-state index is 13.3. The number of hydrogen-bond donors (Lipinski definition) is 0. The molecule has 2 aromatic rings. The lowest BCUT2D eigenvalue weighted by atomic mass is 10.0. The first-order valence-electron chi connectivity index (χ1n) is 5.89. The van der Waals surface area contributed by atoms with E-state index in [1.165, 1.54) is 12.1 Å². The molecule has 0 saturated heterocycles. The zero-order valence-electron chi connectivity index (χ0n) is 10.8. The predicted molar refractivity (Wildman–Crippen MR) is 79.0 cm³/mol. The van der Waals surface area contributed by atoms with Crippen molar-refractivity contribution in [3.05, 3.63) is 44.9 Å². The van der Waals surface area contributed by atoms with E-state index in [-0.39, 0.29) is 11.7 Å². The Morgan fingerprint density at radius 2 is 1.95 bits per heavy atom. The van der Waals surface area contributed by atoms with Gasteiger partial charge < -0.3 is 0 Å². The highest BCUT2D eigenvalue weighted by Gasteiger charge is 2.15. The van der Waals surface area contributed by atoms with Gasteiger partial charge in [0.05, 0.1) is 0 Å². The maximum absolute atomic E-state index is 13.3. The first-order chi connectivity index (χ1) is 8.90. The summed E-state index contributed by atoms with van der Waals surface area (Å²) < 4.78 is 14.1. The molecule has 0 fully saturated rings. The third-order valence-electron chi connectivity index (χ3n) is 2.84. The minimum absolute atomic E-state index is 0.248. The Labute approximate surface area is 125 Å². The van der Waals surface area contributed by atoms with Gasteiger partial charge in [0.15, 0.2) is 5.82 Å². The van der Waals surface area contributed by atoms with E-state index >= 15 is 0 Å². The van der Waals surface area contributed by atoms with E-state index < -0.39 is 0 Å². The zero-order chi connectivity index (χ0) is 14.2. The van der Waals surface area contributed by atoms with E-state index in [2.05, 4.69) is 25.9 Å². The SMILES string of the molecule is Cc1nc(-c2cc(F)ccc2Br)nc(Cl)c1C(C)C. The Hall–Kier alpha value is -1.00. The molecule has 0 saturated carbocycles. The fourth-order valence-electron chi connectivity index (χ4n) is 1.99. The van der Waals surface area contributed by atoms with E-state index in [1.54, 1.807) is 6.07 Å². The fraction of sp³-hybridized carbons (Fsp3) is 0.286. The van der Waals surface area contributed by atoms with Crippen molar-refractivity contribution >= 4 is 27.5 Å². The van der Waals surface area contributed by atoms with Crippen molar-refractivity contribution in [1.82, 2.24) is 9.97 Å². The molecule has 0 unspecified atom stereocenters. The van der Waals surface area contributed by atoms with E-state index in [9.17, 15) is 4.39 Å². The molecule has 0 atom stereocenters. The second-order valence-corrected chi connectivity index (χ2v) is 5.83. The Bertz CT molecular complexity index is 606. The number of aromatic nitrogens is 2. The molecule has 5 heteroatoms. The second-order valence-electron chi connectivity index (χ2n) is 4.62. The van der Waals surface area contributed by atoms with Crippen LogP contribution in [-0.2, 0) is 0 Å². The van der Waals surface area contributed by atoms with Crippen LogP contribution in [0.2, 0.25) is 5.15 Å². The van der Waals surface area contributed by atoms with Crippen LogP contribution in [0.15, 0.2) is 22.7 Å². The molecule has 0 aliphatic carbocycles. The number of benzene rings is 1. The third-order valence-corrected chi connectivity index (χ3v) is 3.82. The lowest BCUT2D eigenvalue weighted by Crippen LogP contribution is -2.02. The molecule has 2 rings (SSSR count). The van der Waals surface area contributed by atoms with Crippen LogP contribution in [0.1, 0.15) is 31.0 Å². The molecule has 1 aromatic carbocycles. The zero-order valence-corrected chi connectivity index (χ0v) is 13.2. The highest BCUT2D eigenvalue weighted by molar-refractivity contribution is 9.10. The van der Waals surface area contributed by atoms with Crippen molar-refractivity contribution in [3.8, 4) is 11.4 Å². The van der Waals surface area contributed by atoms with Gasteiger partial charge in [0.1, 0.15) is 11.0 Å². The van der Waals surface area contributed by atoms with Gasteiger partial charge in [0.25, 0.3) is 0 Å². The largest absolute Gasteiger partial charge is 0.233 e. The third kappa shape index (κ3) is 2.95. The Morgan fingerprint density at radius 3 is 2.53 bits per heavy atom. The number of aryl methyl sites for hydroxylation is 1. The van der Waals surface area contributed by atoms with E-state index in [1.807, 2.05) is 20.8 Å². The molecule has 0 spiro atoms. The van der Waals surface area contributed by atoms with Crippen LogP contribution in [-0.4, -0.2) is 9.97 Å². The van der Waals surface area contributed by atoms with Crippen molar-refractivity contribution in [3.63, 3.8) is 0 Å². The molecule has 0 N–H and O–H groups in total. The van der Waals surface area contributed by atoms with Gasteiger partial charge in [-0.1, -0.05) is 41.4 Å². The molecule has 0 bridgehead atoms. The molecular weight excluding hydrogens is 331 g/mol. The molecule has 0 radical (unpaired) electrons. The monoisotopic (exact) mass is 342 g/mol. The smallest absolute Gasteiger partial charge is 0.162 e. The minimum atomic E-state index is -0.330. The van der Waals surface area contributed by atoms with E-state index in [0.717, 1.165) is 15.7 Å². The summed E-state index contributed by atoms with van der Waals surface area (Å²) >= 11 is 9.59. The highest BCUT2D eigenvalue weighted by atomic mass is 79.9. The molecule has 2 nitrogen and oxygen atoms in total. The molecule has 0 aliphatic rings. The van der Waals surface area contributed by atoms with Crippen molar-refractivity contribution in [2.45, 2.75) is 26.7 Å². The van der Waals surface area contributed by atoms with E-state index in [0.29, 0.717) is 16.5 Å². The molecule has 0 aliphatic heterocycles. The van der Waals surface area contributed by atoms with Gasteiger partial charge in [-0.15, -0.1) is 0 Å². The van der Waals surface area contributed by atoms with Crippen molar-refractivity contribution in [2.75, 3.05) is 0 Å². The van der Waals surface area contributed by atoms with Gasteiger partial charge in [-0.05, 0) is 31.0 Å². The standard InChI is InChI=1S/C14H13BrClFN2/c1-7(2)12-8(3)18-14(19-13(12)16)10-6-9(17)4-5-11(10)15/h4-7H,1-3H3. The number of halogens is 3. The van der Waals surface area contributed by atoms with E-state index in [4.69, 9.17) is 11.6 Å². The van der Waals surface area contributed by atoms with Crippen LogP contribution in [0.25, 0.3) is 11.4 Å². The van der Waals surface area contributed by atoms with Crippen LogP contribution in [0.5, 0.6) is 0 Å². The summed E-state index contributed by atoms with van der Waals surface area (Å²) in [5.74, 6) is 0.347. The maximum Gasteiger partial charge on any atom is 0.162 e. The summed E-state index contributed by atoms with van der Waals surface area (Å²) in [4.78, 5) is 8.72. The van der Waals surface area contributed by atoms with Crippen LogP contribution in [0.4, 0.5) is 4.39 Å². The number of hydrogen-bond acceptors (Lipinski definition) is 2. The van der Waals surface area contributed by atoms with Gasteiger partial charge in [0.2, 0.25) is 0 Å². The van der Waals surface area contributed by atoms with Crippen LogP contribution >= 0.6 is 27.5 Å².